The molecule has 6 nitrogen and oxygen atoms in total. The Bertz CT molecular complexity index is 395. The van der Waals surface area contributed by atoms with Crippen LogP contribution in [0.15, 0.2) is 30.3 Å². The van der Waals surface area contributed by atoms with Crippen LogP contribution in [0.5, 0.6) is 5.75 Å². The van der Waals surface area contributed by atoms with Gasteiger partial charge in [-0.05, 0) is 12.1 Å². The van der Waals surface area contributed by atoms with E-state index in [4.69, 9.17) is 10.5 Å². The summed E-state index contributed by atoms with van der Waals surface area (Å²) in [4.78, 5) is 23.8. The van der Waals surface area contributed by atoms with Crippen LogP contribution < -0.4 is 15.8 Å². The maximum absolute atomic E-state index is 11.6. The molecule has 0 aliphatic heterocycles. The van der Waals surface area contributed by atoms with E-state index in [0.29, 0.717) is 5.75 Å². The van der Waals surface area contributed by atoms with Crippen molar-refractivity contribution < 1.29 is 14.3 Å². The van der Waals surface area contributed by atoms with E-state index in [2.05, 4.69) is 5.32 Å². The van der Waals surface area contributed by atoms with Gasteiger partial charge >= 0.3 is 6.03 Å². The molecule has 0 saturated carbocycles. The summed E-state index contributed by atoms with van der Waals surface area (Å²) >= 11 is 0. The average molecular weight is 251 g/mol. The standard InChI is InChI=1S/C12H17N3O3/c1-10(16)15(8-7-13)12(17)14-9-18-11-5-3-2-4-6-11/h2-6H,7-9,13H2,1H3,(H,14,17). The fraction of sp³-hybridized carbons (Fsp3) is 0.333. The third kappa shape index (κ3) is 4.42. The van der Waals surface area contributed by atoms with E-state index in [1.807, 2.05) is 18.2 Å². The first-order valence-electron chi connectivity index (χ1n) is 5.59. The van der Waals surface area contributed by atoms with Crippen molar-refractivity contribution in [3.8, 4) is 5.75 Å². The number of hydrogen-bond acceptors (Lipinski definition) is 4. The lowest BCUT2D eigenvalue weighted by Gasteiger charge is -2.18. The summed E-state index contributed by atoms with van der Waals surface area (Å²) in [7, 11) is 0. The number of benzene rings is 1. The zero-order valence-electron chi connectivity index (χ0n) is 10.3. The van der Waals surface area contributed by atoms with Gasteiger partial charge in [-0.1, -0.05) is 18.2 Å². The molecule has 0 radical (unpaired) electrons. The highest BCUT2D eigenvalue weighted by Crippen LogP contribution is 2.07. The highest BCUT2D eigenvalue weighted by molar-refractivity contribution is 5.93. The van der Waals surface area contributed by atoms with Gasteiger partial charge in [-0.25, -0.2) is 4.79 Å². The quantitative estimate of drug-likeness (QED) is 0.748. The summed E-state index contributed by atoms with van der Waals surface area (Å²) in [6, 6.07) is 8.55. The van der Waals surface area contributed by atoms with E-state index in [0.717, 1.165) is 4.90 Å². The van der Waals surface area contributed by atoms with Crippen molar-refractivity contribution in [3.05, 3.63) is 30.3 Å². The second-order valence-electron chi connectivity index (χ2n) is 3.54. The molecule has 0 unspecified atom stereocenters. The second-order valence-corrected chi connectivity index (χ2v) is 3.54. The van der Waals surface area contributed by atoms with E-state index in [1.165, 1.54) is 6.92 Å². The predicted octanol–water partition coefficient (Wildman–Crippen LogP) is 0.540. The molecule has 3 amide bonds. The zero-order valence-corrected chi connectivity index (χ0v) is 10.3. The molecule has 98 valence electrons. The topological polar surface area (TPSA) is 84.7 Å². The molecule has 0 aliphatic carbocycles. The zero-order chi connectivity index (χ0) is 13.4. The van der Waals surface area contributed by atoms with Gasteiger partial charge in [0.25, 0.3) is 0 Å². The van der Waals surface area contributed by atoms with Crippen LogP contribution in [0.25, 0.3) is 0 Å². The molecule has 6 heteroatoms. The fourth-order valence-corrected chi connectivity index (χ4v) is 1.32. The first-order valence-corrected chi connectivity index (χ1v) is 5.59. The van der Waals surface area contributed by atoms with Crippen LogP contribution in [0.2, 0.25) is 0 Å². The number of ether oxygens (including phenoxy) is 1. The van der Waals surface area contributed by atoms with Gasteiger partial charge in [0.2, 0.25) is 5.91 Å². The summed E-state index contributed by atoms with van der Waals surface area (Å²) in [5.41, 5.74) is 5.32. The number of hydrogen-bond donors (Lipinski definition) is 2. The number of nitrogens with zero attached hydrogens (tertiary/aromatic N) is 1. The Morgan fingerprint density at radius 3 is 2.56 bits per heavy atom. The van der Waals surface area contributed by atoms with Crippen LogP contribution in [0.3, 0.4) is 0 Å². The number of nitrogens with one attached hydrogen (secondary N) is 1. The van der Waals surface area contributed by atoms with Gasteiger partial charge in [-0.3, -0.25) is 9.69 Å². The van der Waals surface area contributed by atoms with Crippen LogP contribution in [0, 0.1) is 0 Å². The molecule has 1 aromatic carbocycles. The highest BCUT2D eigenvalue weighted by Gasteiger charge is 2.16. The normalized spacial score (nSPS) is 9.67. The summed E-state index contributed by atoms with van der Waals surface area (Å²) < 4.78 is 5.28. The van der Waals surface area contributed by atoms with Crippen LogP contribution in [-0.4, -0.2) is 36.7 Å². The Morgan fingerprint density at radius 1 is 1.33 bits per heavy atom. The minimum Gasteiger partial charge on any atom is -0.473 e. The van der Waals surface area contributed by atoms with Crippen LogP contribution in [0.4, 0.5) is 4.79 Å². The third-order valence-corrected chi connectivity index (χ3v) is 2.18. The van der Waals surface area contributed by atoms with Gasteiger partial charge in [-0.15, -0.1) is 0 Å². The average Bonchev–Trinajstić information content (AvgIpc) is 2.36. The lowest BCUT2D eigenvalue weighted by atomic mass is 10.3. The maximum atomic E-state index is 11.6. The van der Waals surface area contributed by atoms with Gasteiger partial charge < -0.3 is 15.8 Å². The summed E-state index contributed by atoms with van der Waals surface area (Å²) in [5.74, 6) is 0.295. The van der Waals surface area contributed by atoms with Gasteiger partial charge in [0, 0.05) is 20.0 Å². The Labute approximate surface area is 106 Å². The van der Waals surface area contributed by atoms with Crippen molar-refractivity contribution in [1.29, 1.82) is 0 Å². The van der Waals surface area contributed by atoms with Crippen molar-refractivity contribution in [1.82, 2.24) is 10.2 Å². The molecule has 0 aliphatic rings. The third-order valence-electron chi connectivity index (χ3n) is 2.18. The minimum absolute atomic E-state index is 0.00278. The number of urea groups is 1. The van der Waals surface area contributed by atoms with E-state index in [-0.39, 0.29) is 25.7 Å². The van der Waals surface area contributed by atoms with E-state index < -0.39 is 6.03 Å². The first kappa shape index (κ1) is 14.0. The molecule has 0 aromatic heterocycles. The lowest BCUT2D eigenvalue weighted by molar-refractivity contribution is -0.125. The van der Waals surface area contributed by atoms with E-state index in [9.17, 15) is 9.59 Å². The molecule has 0 spiro atoms. The summed E-state index contributed by atoms with van der Waals surface area (Å²) in [5, 5.41) is 2.49. The van der Waals surface area contributed by atoms with Crippen molar-refractivity contribution in [3.63, 3.8) is 0 Å². The second kappa shape index (κ2) is 7.29. The van der Waals surface area contributed by atoms with Crippen molar-refractivity contribution in [2.45, 2.75) is 6.92 Å². The summed E-state index contributed by atoms with van der Waals surface area (Å²) in [6.07, 6.45) is 0. The van der Waals surface area contributed by atoms with Crippen molar-refractivity contribution in [2.75, 3.05) is 19.8 Å². The van der Waals surface area contributed by atoms with Crippen molar-refractivity contribution in [2.24, 2.45) is 5.73 Å². The maximum Gasteiger partial charge on any atom is 0.326 e. The minimum atomic E-state index is -0.510. The number of imide groups is 1. The molecule has 0 fully saturated rings. The van der Waals surface area contributed by atoms with Gasteiger partial charge in [-0.2, -0.15) is 0 Å². The number of rotatable bonds is 5. The molecule has 1 aromatic rings. The molecule has 0 atom stereocenters. The molecule has 0 bridgehead atoms. The Kier molecular flexibility index (Phi) is 5.66. The SMILES string of the molecule is CC(=O)N(CCN)C(=O)NCOc1ccccc1. The largest absolute Gasteiger partial charge is 0.473 e. The predicted molar refractivity (Wildman–Crippen MR) is 66.9 cm³/mol. The van der Waals surface area contributed by atoms with Crippen LogP contribution in [0.1, 0.15) is 6.92 Å². The first-order chi connectivity index (χ1) is 8.65. The van der Waals surface area contributed by atoms with Gasteiger partial charge in [0.15, 0.2) is 6.73 Å². The molecule has 18 heavy (non-hydrogen) atoms. The van der Waals surface area contributed by atoms with Crippen molar-refractivity contribution >= 4 is 11.9 Å². The van der Waals surface area contributed by atoms with Gasteiger partial charge in [0.05, 0.1) is 0 Å². The number of nitrogens with two attached hydrogens (primary N) is 1. The smallest absolute Gasteiger partial charge is 0.326 e. The van der Waals surface area contributed by atoms with E-state index in [1.54, 1.807) is 12.1 Å². The van der Waals surface area contributed by atoms with Gasteiger partial charge in [0.1, 0.15) is 5.75 Å². The van der Waals surface area contributed by atoms with Crippen LogP contribution >= 0.6 is 0 Å². The molecule has 3 N–H and O–H groups in total. The molecule has 0 heterocycles. The van der Waals surface area contributed by atoms with Crippen LogP contribution in [-0.2, 0) is 4.79 Å². The molecular formula is C12H17N3O3. The molecule has 1 rings (SSSR count). The highest BCUT2D eigenvalue weighted by atomic mass is 16.5. The number of para-hydroxylation sites is 1. The van der Waals surface area contributed by atoms with E-state index >= 15 is 0 Å². The molecule has 0 saturated heterocycles. The Morgan fingerprint density at radius 2 is 2.00 bits per heavy atom. The Balaban J connectivity index is 2.38. The number of amides is 3. The molecular weight excluding hydrogens is 234 g/mol. The summed E-state index contributed by atoms with van der Waals surface area (Å²) in [6.45, 7) is 1.73. The number of carbonyl (C=O) groups is 2. The number of carbonyl (C=O) groups excluding carboxylic acids is 2. The monoisotopic (exact) mass is 251 g/mol. The lowest BCUT2D eigenvalue weighted by Crippen LogP contribution is -2.46. The Hall–Kier alpha value is -2.08. The fourth-order valence-electron chi connectivity index (χ4n) is 1.32.